The maximum Gasteiger partial charge on any atom is 0.267 e. The van der Waals surface area contributed by atoms with Gasteiger partial charge < -0.3 is 19.9 Å². The zero-order valence-electron chi connectivity index (χ0n) is 16.5. The lowest BCUT2D eigenvalue weighted by molar-refractivity contribution is -0.112. The molecule has 1 amide bonds. The van der Waals surface area contributed by atoms with Crippen molar-refractivity contribution < 1.29 is 13.9 Å². The molecule has 0 bridgehead atoms. The lowest BCUT2D eigenvalue weighted by Crippen LogP contribution is -2.44. The fraction of sp³-hybridized carbons (Fsp3) is 0.273. The van der Waals surface area contributed by atoms with Crippen LogP contribution >= 0.6 is 0 Å². The second kappa shape index (κ2) is 9.11. The van der Waals surface area contributed by atoms with Gasteiger partial charge in [-0.2, -0.15) is 5.26 Å². The van der Waals surface area contributed by atoms with E-state index in [4.69, 9.17) is 4.74 Å². The van der Waals surface area contributed by atoms with Gasteiger partial charge in [-0.05, 0) is 48.9 Å². The Bertz CT molecular complexity index is 942. The molecule has 29 heavy (non-hydrogen) atoms. The summed E-state index contributed by atoms with van der Waals surface area (Å²) in [6, 6.07) is 13.8. The Morgan fingerprint density at radius 1 is 1.17 bits per heavy atom. The molecule has 2 aromatic rings. The van der Waals surface area contributed by atoms with Gasteiger partial charge in [0, 0.05) is 38.1 Å². The number of rotatable bonds is 5. The van der Waals surface area contributed by atoms with Crippen molar-refractivity contribution in [2.45, 2.75) is 6.92 Å². The van der Waals surface area contributed by atoms with Crippen molar-refractivity contribution in [2.24, 2.45) is 0 Å². The van der Waals surface area contributed by atoms with Crippen LogP contribution < -0.4 is 15.0 Å². The second-order valence-electron chi connectivity index (χ2n) is 6.81. The highest BCUT2D eigenvalue weighted by Crippen LogP contribution is 2.25. The zero-order chi connectivity index (χ0) is 20.8. The van der Waals surface area contributed by atoms with Crippen LogP contribution in [0.5, 0.6) is 5.75 Å². The molecule has 0 aromatic heterocycles. The average molecular weight is 394 g/mol. The van der Waals surface area contributed by atoms with E-state index in [0.717, 1.165) is 11.3 Å². The molecule has 0 aliphatic carbocycles. The molecule has 6 nitrogen and oxygen atoms in total. The number of ether oxygens (including phenoxy) is 1. The van der Waals surface area contributed by atoms with Crippen molar-refractivity contribution in [2.75, 3.05) is 43.5 Å². The first-order valence-electron chi connectivity index (χ1n) is 9.32. The van der Waals surface area contributed by atoms with Crippen molar-refractivity contribution in [1.29, 1.82) is 5.26 Å². The Morgan fingerprint density at radius 2 is 1.86 bits per heavy atom. The third-order valence-corrected chi connectivity index (χ3v) is 4.79. The van der Waals surface area contributed by atoms with E-state index in [0.29, 0.717) is 37.6 Å². The SMILES string of the molecule is COc1ccc(C)cc1NC(=O)/C(C#N)=C\N1CCN(c2ccc(F)cc2)CC1. The van der Waals surface area contributed by atoms with Gasteiger partial charge in [0.1, 0.15) is 23.2 Å². The van der Waals surface area contributed by atoms with Crippen LogP contribution in [0.15, 0.2) is 54.2 Å². The summed E-state index contributed by atoms with van der Waals surface area (Å²) in [5, 5.41) is 12.2. The van der Waals surface area contributed by atoms with Gasteiger partial charge in [0.15, 0.2) is 0 Å². The molecule has 0 saturated carbocycles. The fourth-order valence-electron chi connectivity index (χ4n) is 3.19. The summed E-state index contributed by atoms with van der Waals surface area (Å²) < 4.78 is 18.4. The van der Waals surface area contributed by atoms with Crippen LogP contribution in [0.1, 0.15) is 5.56 Å². The highest BCUT2D eigenvalue weighted by atomic mass is 19.1. The molecular formula is C22H23FN4O2. The minimum absolute atomic E-state index is 0.0313. The lowest BCUT2D eigenvalue weighted by atomic mass is 10.2. The first-order valence-corrected chi connectivity index (χ1v) is 9.32. The Kier molecular flexibility index (Phi) is 6.35. The number of aryl methyl sites for hydroxylation is 1. The maximum absolute atomic E-state index is 13.1. The van der Waals surface area contributed by atoms with Gasteiger partial charge in [-0.1, -0.05) is 6.07 Å². The summed E-state index contributed by atoms with van der Waals surface area (Å²) in [5.41, 5.74) is 2.49. The van der Waals surface area contributed by atoms with E-state index >= 15 is 0 Å². The fourth-order valence-corrected chi connectivity index (χ4v) is 3.19. The van der Waals surface area contributed by atoms with E-state index in [2.05, 4.69) is 10.2 Å². The quantitative estimate of drug-likeness (QED) is 0.622. The number of carbonyl (C=O) groups excluding carboxylic acids is 1. The molecule has 150 valence electrons. The molecule has 1 fully saturated rings. The van der Waals surface area contributed by atoms with Crippen LogP contribution in [0, 0.1) is 24.1 Å². The molecule has 1 aliphatic rings. The van der Waals surface area contributed by atoms with Crippen LogP contribution in [0.4, 0.5) is 15.8 Å². The van der Waals surface area contributed by atoms with Gasteiger partial charge in [-0.25, -0.2) is 4.39 Å². The van der Waals surface area contributed by atoms with Gasteiger partial charge in [0.2, 0.25) is 0 Å². The molecule has 3 rings (SSSR count). The van der Waals surface area contributed by atoms with E-state index in [-0.39, 0.29) is 11.4 Å². The molecule has 0 spiro atoms. The number of carbonyl (C=O) groups is 1. The summed E-state index contributed by atoms with van der Waals surface area (Å²) in [5.74, 6) is -0.197. The molecule has 1 aliphatic heterocycles. The number of benzene rings is 2. The largest absolute Gasteiger partial charge is 0.495 e. The van der Waals surface area contributed by atoms with Crippen molar-refractivity contribution in [3.63, 3.8) is 0 Å². The standard InChI is InChI=1S/C22H23FN4O2/c1-16-3-8-21(29-2)20(13-16)25-22(28)17(14-24)15-26-9-11-27(12-10-26)19-6-4-18(23)5-7-19/h3-8,13,15H,9-12H2,1-2H3,(H,25,28)/b17-15-. The predicted octanol–water partition coefficient (Wildman–Crippen LogP) is 3.31. The number of hydrogen-bond acceptors (Lipinski definition) is 5. The van der Waals surface area contributed by atoms with Gasteiger partial charge in [-0.15, -0.1) is 0 Å². The molecule has 7 heteroatoms. The number of piperazine rings is 1. The molecule has 1 N–H and O–H groups in total. The Hall–Kier alpha value is -3.53. The first-order chi connectivity index (χ1) is 14.0. The first kappa shape index (κ1) is 20.2. The van der Waals surface area contributed by atoms with E-state index in [1.807, 2.05) is 24.0 Å². The molecule has 2 aromatic carbocycles. The molecule has 1 saturated heterocycles. The third-order valence-electron chi connectivity index (χ3n) is 4.79. The predicted molar refractivity (Wildman–Crippen MR) is 110 cm³/mol. The maximum atomic E-state index is 13.1. The van der Waals surface area contributed by atoms with Gasteiger partial charge in [0.25, 0.3) is 5.91 Å². The van der Waals surface area contributed by atoms with E-state index in [1.54, 1.807) is 30.5 Å². The second-order valence-corrected chi connectivity index (χ2v) is 6.81. The number of halogens is 1. The molecular weight excluding hydrogens is 371 g/mol. The Morgan fingerprint density at radius 3 is 2.48 bits per heavy atom. The molecule has 0 atom stereocenters. The third kappa shape index (κ3) is 5.05. The lowest BCUT2D eigenvalue weighted by Gasteiger charge is -2.35. The highest BCUT2D eigenvalue weighted by molar-refractivity contribution is 6.07. The number of methoxy groups -OCH3 is 1. The Labute approximate surface area is 169 Å². The van der Waals surface area contributed by atoms with Crippen LogP contribution in [0.3, 0.4) is 0 Å². The van der Waals surface area contributed by atoms with Crippen LogP contribution in [-0.4, -0.2) is 44.1 Å². The van der Waals surface area contributed by atoms with Crippen molar-refractivity contribution in [1.82, 2.24) is 4.90 Å². The normalized spacial score (nSPS) is 14.3. The summed E-state index contributed by atoms with van der Waals surface area (Å²) >= 11 is 0. The summed E-state index contributed by atoms with van der Waals surface area (Å²) in [7, 11) is 1.53. The van der Waals surface area contributed by atoms with Gasteiger partial charge in [0.05, 0.1) is 12.8 Å². The topological polar surface area (TPSA) is 68.6 Å². The van der Waals surface area contributed by atoms with Crippen LogP contribution in [0.2, 0.25) is 0 Å². The van der Waals surface area contributed by atoms with Crippen LogP contribution in [0.25, 0.3) is 0 Å². The summed E-state index contributed by atoms with van der Waals surface area (Å²) in [6.45, 7) is 4.66. The molecule has 0 unspecified atom stereocenters. The molecule has 1 heterocycles. The minimum Gasteiger partial charge on any atom is -0.495 e. The summed E-state index contributed by atoms with van der Waals surface area (Å²) in [6.07, 6.45) is 1.60. The number of nitriles is 1. The van der Waals surface area contributed by atoms with Gasteiger partial charge in [-0.3, -0.25) is 4.79 Å². The number of amides is 1. The highest BCUT2D eigenvalue weighted by Gasteiger charge is 2.18. The molecule has 0 radical (unpaired) electrons. The van der Waals surface area contributed by atoms with Crippen molar-refractivity contribution in [3.05, 3.63) is 65.6 Å². The van der Waals surface area contributed by atoms with E-state index in [1.165, 1.54) is 19.2 Å². The smallest absolute Gasteiger partial charge is 0.267 e. The average Bonchev–Trinajstić information content (AvgIpc) is 2.73. The number of nitrogens with zero attached hydrogens (tertiary/aromatic N) is 3. The van der Waals surface area contributed by atoms with E-state index < -0.39 is 5.91 Å². The number of nitrogens with one attached hydrogen (secondary N) is 1. The van der Waals surface area contributed by atoms with Crippen molar-refractivity contribution in [3.8, 4) is 11.8 Å². The van der Waals surface area contributed by atoms with Crippen LogP contribution in [-0.2, 0) is 4.79 Å². The zero-order valence-corrected chi connectivity index (χ0v) is 16.5. The number of anilines is 2. The number of hydrogen-bond donors (Lipinski definition) is 1. The van der Waals surface area contributed by atoms with Gasteiger partial charge >= 0.3 is 0 Å². The van der Waals surface area contributed by atoms with Crippen molar-refractivity contribution >= 4 is 17.3 Å². The minimum atomic E-state index is -0.475. The Balaban J connectivity index is 1.64. The monoisotopic (exact) mass is 394 g/mol. The summed E-state index contributed by atoms with van der Waals surface area (Å²) in [4.78, 5) is 16.7. The van der Waals surface area contributed by atoms with E-state index in [9.17, 15) is 14.4 Å².